The van der Waals surface area contributed by atoms with E-state index in [4.69, 9.17) is 0 Å². The van der Waals surface area contributed by atoms with Crippen LogP contribution in [0.5, 0.6) is 0 Å². The van der Waals surface area contributed by atoms with Crippen molar-refractivity contribution in [3.63, 3.8) is 0 Å². The first kappa shape index (κ1) is 20.2. The number of hydrogen-bond donors (Lipinski definition) is 1. The summed E-state index contributed by atoms with van der Waals surface area (Å²) < 4.78 is 38.1. The summed E-state index contributed by atoms with van der Waals surface area (Å²) in [5.74, 6) is -0.227. The number of aromatic nitrogens is 2. The first-order chi connectivity index (χ1) is 12.2. The summed E-state index contributed by atoms with van der Waals surface area (Å²) in [5.41, 5.74) is 2.30. The molecule has 0 saturated carbocycles. The molecule has 0 saturated heterocycles. The zero-order valence-electron chi connectivity index (χ0n) is 14.8. The van der Waals surface area contributed by atoms with Gasteiger partial charge in [0.25, 0.3) is 0 Å². The van der Waals surface area contributed by atoms with Crippen LogP contribution in [-0.2, 0) is 23.9 Å². The number of alkyl halides is 3. The van der Waals surface area contributed by atoms with Gasteiger partial charge in [0.05, 0.1) is 5.56 Å². The standard InChI is InChI=1S/C18H20F3N3OS/c1-11-15(12(2)24-17(23-11)26-3)7-8-16(25)22-10-13-5-4-6-14(9-13)18(19,20)21/h4-6,9H,7-8,10H2,1-3H3,(H,22,25). The third-order valence-corrected chi connectivity index (χ3v) is 4.48. The van der Waals surface area contributed by atoms with E-state index in [0.717, 1.165) is 29.1 Å². The Morgan fingerprint density at radius 2 is 1.85 bits per heavy atom. The van der Waals surface area contributed by atoms with Gasteiger partial charge in [0.15, 0.2) is 5.16 Å². The summed E-state index contributed by atoms with van der Waals surface area (Å²) in [6.45, 7) is 3.82. The maximum absolute atomic E-state index is 12.7. The van der Waals surface area contributed by atoms with E-state index >= 15 is 0 Å². The molecule has 2 rings (SSSR count). The molecule has 1 N–H and O–H groups in total. The smallest absolute Gasteiger partial charge is 0.352 e. The van der Waals surface area contributed by atoms with E-state index in [1.165, 1.54) is 17.8 Å². The van der Waals surface area contributed by atoms with Gasteiger partial charge in [0, 0.05) is 24.4 Å². The van der Waals surface area contributed by atoms with E-state index in [9.17, 15) is 18.0 Å². The van der Waals surface area contributed by atoms with Gasteiger partial charge in [0.1, 0.15) is 0 Å². The van der Waals surface area contributed by atoms with Crippen LogP contribution in [0.1, 0.15) is 34.5 Å². The van der Waals surface area contributed by atoms with Crippen LogP contribution in [-0.4, -0.2) is 22.1 Å². The highest BCUT2D eigenvalue weighted by atomic mass is 32.2. The Hall–Kier alpha value is -2.09. The lowest BCUT2D eigenvalue weighted by Gasteiger charge is -2.11. The fourth-order valence-electron chi connectivity index (χ4n) is 2.55. The Bertz CT molecular complexity index is 770. The zero-order chi connectivity index (χ0) is 19.3. The predicted molar refractivity (Wildman–Crippen MR) is 94.9 cm³/mol. The van der Waals surface area contributed by atoms with Crippen LogP contribution in [0.2, 0.25) is 0 Å². The molecule has 0 aliphatic carbocycles. The zero-order valence-corrected chi connectivity index (χ0v) is 15.6. The van der Waals surface area contributed by atoms with Crippen molar-refractivity contribution in [2.75, 3.05) is 6.26 Å². The van der Waals surface area contributed by atoms with Crippen LogP contribution < -0.4 is 5.32 Å². The van der Waals surface area contributed by atoms with Crippen molar-refractivity contribution in [3.05, 3.63) is 52.3 Å². The number of amides is 1. The number of rotatable bonds is 6. The number of aryl methyl sites for hydroxylation is 2. The second-order valence-electron chi connectivity index (χ2n) is 5.83. The highest BCUT2D eigenvalue weighted by Crippen LogP contribution is 2.29. The van der Waals surface area contributed by atoms with E-state index in [1.807, 2.05) is 20.1 Å². The summed E-state index contributed by atoms with van der Waals surface area (Å²) in [6, 6.07) is 4.94. The van der Waals surface area contributed by atoms with Crippen LogP contribution in [0, 0.1) is 13.8 Å². The molecule has 0 bridgehead atoms. The van der Waals surface area contributed by atoms with Crippen LogP contribution in [0.25, 0.3) is 0 Å². The van der Waals surface area contributed by atoms with E-state index in [0.29, 0.717) is 17.1 Å². The number of carbonyl (C=O) groups excluding carboxylic acids is 1. The number of thioether (sulfide) groups is 1. The lowest BCUT2D eigenvalue weighted by atomic mass is 10.1. The van der Waals surface area contributed by atoms with Crippen molar-refractivity contribution in [3.8, 4) is 0 Å². The molecular weight excluding hydrogens is 363 g/mol. The molecule has 0 unspecified atom stereocenters. The normalized spacial score (nSPS) is 11.5. The van der Waals surface area contributed by atoms with Crippen molar-refractivity contribution in [2.24, 2.45) is 0 Å². The summed E-state index contributed by atoms with van der Waals surface area (Å²) in [4.78, 5) is 20.8. The molecular formula is C18H20F3N3OS. The summed E-state index contributed by atoms with van der Waals surface area (Å²) in [7, 11) is 0. The monoisotopic (exact) mass is 383 g/mol. The highest BCUT2D eigenvalue weighted by Gasteiger charge is 2.30. The molecule has 1 aromatic carbocycles. The van der Waals surface area contributed by atoms with Gasteiger partial charge in [-0.1, -0.05) is 23.9 Å². The third kappa shape index (κ3) is 5.45. The molecule has 0 aliphatic rings. The Morgan fingerprint density at radius 1 is 1.19 bits per heavy atom. The van der Waals surface area contributed by atoms with Gasteiger partial charge in [0.2, 0.25) is 5.91 Å². The van der Waals surface area contributed by atoms with Crippen molar-refractivity contribution in [1.82, 2.24) is 15.3 Å². The minimum atomic E-state index is -4.39. The molecule has 0 atom stereocenters. The number of nitrogens with one attached hydrogen (secondary N) is 1. The minimum Gasteiger partial charge on any atom is -0.352 e. The van der Waals surface area contributed by atoms with Gasteiger partial charge in [-0.3, -0.25) is 4.79 Å². The van der Waals surface area contributed by atoms with Crippen LogP contribution in [0.4, 0.5) is 13.2 Å². The maximum atomic E-state index is 12.7. The molecule has 8 heteroatoms. The van der Waals surface area contributed by atoms with E-state index in [2.05, 4.69) is 15.3 Å². The van der Waals surface area contributed by atoms with E-state index < -0.39 is 11.7 Å². The topological polar surface area (TPSA) is 54.9 Å². The molecule has 1 aromatic heterocycles. The highest BCUT2D eigenvalue weighted by molar-refractivity contribution is 7.98. The number of halogens is 3. The maximum Gasteiger partial charge on any atom is 0.416 e. The van der Waals surface area contributed by atoms with E-state index in [-0.39, 0.29) is 18.9 Å². The Labute approximate surface area is 154 Å². The Kier molecular flexibility index (Phi) is 6.63. The first-order valence-electron chi connectivity index (χ1n) is 8.01. The van der Waals surface area contributed by atoms with Crippen molar-refractivity contribution < 1.29 is 18.0 Å². The average Bonchev–Trinajstić information content (AvgIpc) is 2.58. The summed E-state index contributed by atoms with van der Waals surface area (Å²) in [6.07, 6.45) is -1.78. The van der Waals surface area contributed by atoms with Gasteiger partial charge in [-0.25, -0.2) is 9.97 Å². The second-order valence-corrected chi connectivity index (χ2v) is 6.61. The number of nitrogens with zero attached hydrogens (tertiary/aromatic N) is 2. The molecule has 1 amide bonds. The lowest BCUT2D eigenvalue weighted by molar-refractivity contribution is -0.137. The minimum absolute atomic E-state index is 0.0582. The van der Waals surface area contributed by atoms with Crippen molar-refractivity contribution in [1.29, 1.82) is 0 Å². The predicted octanol–water partition coefficient (Wildman–Crippen LogP) is 4.08. The molecule has 26 heavy (non-hydrogen) atoms. The quantitative estimate of drug-likeness (QED) is 0.603. The average molecular weight is 383 g/mol. The molecule has 1 heterocycles. The Balaban J connectivity index is 1.92. The first-order valence-corrected chi connectivity index (χ1v) is 9.24. The van der Waals surface area contributed by atoms with Crippen LogP contribution in [0.15, 0.2) is 29.4 Å². The van der Waals surface area contributed by atoms with Crippen molar-refractivity contribution in [2.45, 2.75) is 44.6 Å². The molecule has 2 aromatic rings. The van der Waals surface area contributed by atoms with E-state index in [1.54, 1.807) is 6.07 Å². The van der Waals surface area contributed by atoms with Gasteiger partial charge >= 0.3 is 6.18 Å². The summed E-state index contributed by atoms with van der Waals surface area (Å²) >= 11 is 1.46. The molecule has 0 spiro atoms. The molecule has 0 radical (unpaired) electrons. The molecule has 0 fully saturated rings. The second kappa shape index (κ2) is 8.53. The SMILES string of the molecule is CSc1nc(C)c(CCC(=O)NCc2cccc(C(F)(F)F)c2)c(C)n1. The van der Waals surface area contributed by atoms with Crippen LogP contribution in [0.3, 0.4) is 0 Å². The Morgan fingerprint density at radius 3 is 2.42 bits per heavy atom. The van der Waals surface area contributed by atoms with Crippen molar-refractivity contribution >= 4 is 17.7 Å². The third-order valence-electron chi connectivity index (χ3n) is 3.93. The molecule has 0 aliphatic heterocycles. The lowest BCUT2D eigenvalue weighted by Crippen LogP contribution is -2.23. The fourth-order valence-corrected chi connectivity index (χ4v) is 3.00. The summed E-state index contributed by atoms with van der Waals surface area (Å²) in [5, 5.41) is 3.35. The number of benzene rings is 1. The number of hydrogen-bond acceptors (Lipinski definition) is 4. The largest absolute Gasteiger partial charge is 0.416 e. The molecule has 140 valence electrons. The fraction of sp³-hybridized carbons (Fsp3) is 0.389. The van der Waals surface area contributed by atoms with Gasteiger partial charge in [-0.05, 0) is 49.8 Å². The van der Waals surface area contributed by atoms with Gasteiger partial charge in [-0.15, -0.1) is 0 Å². The van der Waals surface area contributed by atoms with Gasteiger partial charge in [-0.2, -0.15) is 13.2 Å². The van der Waals surface area contributed by atoms with Gasteiger partial charge < -0.3 is 5.32 Å². The van der Waals surface area contributed by atoms with Crippen LogP contribution >= 0.6 is 11.8 Å². The molecule has 4 nitrogen and oxygen atoms in total. The number of carbonyl (C=O) groups is 1.